The number of fused-ring (bicyclic) bond motifs is 1. The molecule has 5 nitrogen and oxygen atoms in total. The first-order valence-electron chi connectivity index (χ1n) is 13.4. The third-order valence-corrected chi connectivity index (χ3v) is 7.32. The van der Waals surface area contributed by atoms with Gasteiger partial charge >= 0.3 is 12.4 Å². The number of alkyl halides is 6. The second kappa shape index (κ2) is 11.5. The van der Waals surface area contributed by atoms with Crippen molar-refractivity contribution in [3.8, 4) is 0 Å². The fourth-order valence-corrected chi connectivity index (χ4v) is 4.90. The summed E-state index contributed by atoms with van der Waals surface area (Å²) in [7, 11) is 0. The topological polar surface area (TPSA) is 56.4 Å². The number of aromatic amines is 1. The largest absolute Gasteiger partial charge is 0.416 e. The van der Waals surface area contributed by atoms with Gasteiger partial charge in [0.15, 0.2) is 0 Å². The van der Waals surface area contributed by atoms with Crippen LogP contribution in [0.3, 0.4) is 0 Å². The summed E-state index contributed by atoms with van der Waals surface area (Å²) < 4.78 is 79.0. The number of amides is 2. The number of carbonyl (C=O) groups excluding carboxylic acids is 2. The van der Waals surface area contributed by atoms with E-state index >= 15 is 0 Å². The first kappa shape index (κ1) is 29.2. The molecule has 0 bridgehead atoms. The smallest absolute Gasteiger partial charge is 0.361 e. The summed E-state index contributed by atoms with van der Waals surface area (Å²) in [5.41, 5.74) is 0.386. The van der Waals surface area contributed by atoms with Gasteiger partial charge in [0, 0.05) is 41.8 Å². The minimum absolute atomic E-state index is 0.00438. The van der Waals surface area contributed by atoms with Gasteiger partial charge in [-0.3, -0.25) is 9.59 Å². The Morgan fingerprint density at radius 2 is 1.52 bits per heavy atom. The summed E-state index contributed by atoms with van der Waals surface area (Å²) in [6.45, 7) is -0.165. The van der Waals surface area contributed by atoms with Crippen molar-refractivity contribution in [1.82, 2.24) is 14.8 Å². The van der Waals surface area contributed by atoms with Gasteiger partial charge in [-0.15, -0.1) is 0 Å². The predicted octanol–water partition coefficient (Wildman–Crippen LogP) is 7.08. The van der Waals surface area contributed by atoms with E-state index in [2.05, 4.69) is 4.98 Å². The Labute approximate surface area is 237 Å². The van der Waals surface area contributed by atoms with Gasteiger partial charge in [-0.05, 0) is 66.8 Å². The molecular formula is C31H27F6N3O2. The number of nitrogens with one attached hydrogen (secondary N) is 1. The molecule has 0 saturated heterocycles. The number of carbonyl (C=O) groups is 2. The number of hydrogen-bond donors (Lipinski definition) is 1. The van der Waals surface area contributed by atoms with Crippen LogP contribution < -0.4 is 0 Å². The molecule has 4 aromatic rings. The molecule has 1 heterocycles. The lowest BCUT2D eigenvalue weighted by atomic mass is 10.1. The van der Waals surface area contributed by atoms with Crippen molar-refractivity contribution in [2.45, 2.75) is 44.2 Å². The van der Waals surface area contributed by atoms with E-state index in [1.54, 1.807) is 0 Å². The van der Waals surface area contributed by atoms with Crippen LogP contribution in [-0.2, 0) is 30.1 Å². The first-order valence-corrected chi connectivity index (χ1v) is 13.4. The van der Waals surface area contributed by atoms with E-state index in [0.717, 1.165) is 46.8 Å². The zero-order valence-electron chi connectivity index (χ0n) is 22.3. The lowest BCUT2D eigenvalue weighted by Gasteiger charge is -2.28. The van der Waals surface area contributed by atoms with Crippen LogP contribution in [0.2, 0.25) is 0 Å². The molecular weight excluding hydrogens is 560 g/mol. The highest BCUT2D eigenvalue weighted by atomic mass is 19.4. The molecule has 0 spiro atoms. The molecule has 1 aromatic heterocycles. The third-order valence-electron chi connectivity index (χ3n) is 7.32. The van der Waals surface area contributed by atoms with E-state index in [4.69, 9.17) is 0 Å². The Morgan fingerprint density at radius 3 is 2.19 bits per heavy atom. The van der Waals surface area contributed by atoms with Crippen LogP contribution in [0.25, 0.3) is 10.9 Å². The fraction of sp³-hybridized carbons (Fsp3) is 0.290. The summed E-state index contributed by atoms with van der Waals surface area (Å²) in [5, 5.41) is 0.971. The zero-order chi connectivity index (χ0) is 30.1. The predicted molar refractivity (Wildman–Crippen MR) is 144 cm³/mol. The van der Waals surface area contributed by atoms with Gasteiger partial charge in [0.1, 0.15) is 6.54 Å². The van der Waals surface area contributed by atoms with Gasteiger partial charge in [0.2, 0.25) is 5.91 Å². The van der Waals surface area contributed by atoms with Crippen molar-refractivity contribution in [3.05, 3.63) is 107 Å². The average molecular weight is 588 g/mol. The molecule has 1 aliphatic carbocycles. The number of benzene rings is 3. The van der Waals surface area contributed by atoms with Crippen LogP contribution >= 0.6 is 0 Å². The average Bonchev–Trinajstić information content (AvgIpc) is 3.72. The van der Waals surface area contributed by atoms with Gasteiger partial charge in [-0.1, -0.05) is 36.4 Å². The van der Waals surface area contributed by atoms with Gasteiger partial charge in [0.25, 0.3) is 5.91 Å². The summed E-state index contributed by atoms with van der Waals surface area (Å²) in [4.78, 5) is 32.9. The number of rotatable bonds is 9. The Kier molecular flexibility index (Phi) is 8.03. The highest BCUT2D eigenvalue weighted by molar-refractivity contribution is 5.97. The molecule has 2 amide bonds. The summed E-state index contributed by atoms with van der Waals surface area (Å²) in [6, 6.07) is 15.9. The molecule has 5 rings (SSSR count). The van der Waals surface area contributed by atoms with Crippen LogP contribution in [0.15, 0.2) is 79.0 Å². The maximum absolute atomic E-state index is 13.7. The van der Waals surface area contributed by atoms with Crippen molar-refractivity contribution >= 4 is 22.7 Å². The number of hydrogen-bond acceptors (Lipinski definition) is 2. The monoisotopic (exact) mass is 587 g/mol. The SMILES string of the molecule is O=C(CN(C(=O)c1cccc(C(F)(F)F)c1)C1CC1)N(CCc1c[nH]c2ccccc12)Cc1ccc(C(F)(F)F)cc1. The van der Waals surface area contributed by atoms with Crippen LogP contribution in [0.1, 0.15) is 45.5 Å². The number of nitrogens with zero attached hydrogens (tertiary/aromatic N) is 2. The summed E-state index contributed by atoms with van der Waals surface area (Å²) in [5.74, 6) is -1.13. The molecule has 0 unspecified atom stereocenters. The molecule has 220 valence electrons. The molecule has 1 fully saturated rings. The summed E-state index contributed by atoms with van der Waals surface area (Å²) in [6.07, 6.45) is -5.63. The molecule has 0 atom stereocenters. The standard InChI is InChI=1S/C31H27F6N3O2/c32-30(33,34)23-10-8-20(9-11-23)18-39(15-14-22-17-38-27-7-2-1-6-26(22)27)28(41)19-40(25-12-13-25)29(42)21-4-3-5-24(16-21)31(35,36)37/h1-11,16-17,25,38H,12-15,18-19H2. The highest BCUT2D eigenvalue weighted by Crippen LogP contribution is 2.32. The molecule has 0 aliphatic heterocycles. The van der Waals surface area contributed by atoms with Crippen molar-refractivity contribution in [2.24, 2.45) is 0 Å². The molecule has 3 aromatic carbocycles. The molecule has 1 aliphatic rings. The minimum Gasteiger partial charge on any atom is -0.361 e. The fourth-order valence-electron chi connectivity index (χ4n) is 4.90. The Hall–Kier alpha value is -4.28. The van der Waals surface area contributed by atoms with E-state index in [9.17, 15) is 35.9 Å². The Bertz CT molecular complexity index is 1570. The molecule has 42 heavy (non-hydrogen) atoms. The molecule has 11 heteroatoms. The number of halogens is 6. The second-order valence-electron chi connectivity index (χ2n) is 10.4. The number of para-hydroxylation sites is 1. The summed E-state index contributed by atoms with van der Waals surface area (Å²) >= 11 is 0. The zero-order valence-corrected chi connectivity index (χ0v) is 22.3. The molecule has 0 radical (unpaired) electrons. The van der Waals surface area contributed by atoms with Gasteiger partial charge in [0.05, 0.1) is 11.1 Å². The van der Waals surface area contributed by atoms with Gasteiger partial charge in [-0.25, -0.2) is 0 Å². The lowest BCUT2D eigenvalue weighted by molar-refractivity contribution is -0.138. The second-order valence-corrected chi connectivity index (χ2v) is 10.4. The van der Waals surface area contributed by atoms with Gasteiger partial charge in [-0.2, -0.15) is 26.3 Å². The van der Waals surface area contributed by atoms with E-state index in [1.807, 2.05) is 30.5 Å². The van der Waals surface area contributed by atoms with Crippen molar-refractivity contribution < 1.29 is 35.9 Å². The third kappa shape index (κ3) is 6.78. The lowest BCUT2D eigenvalue weighted by Crippen LogP contribution is -2.44. The maximum Gasteiger partial charge on any atom is 0.416 e. The van der Waals surface area contributed by atoms with Crippen molar-refractivity contribution in [1.29, 1.82) is 0 Å². The molecule has 1 N–H and O–H groups in total. The Balaban J connectivity index is 1.37. The normalized spacial score (nSPS) is 13.8. The molecule has 1 saturated carbocycles. The van der Waals surface area contributed by atoms with Gasteiger partial charge < -0.3 is 14.8 Å². The van der Waals surface area contributed by atoms with Crippen LogP contribution in [-0.4, -0.2) is 45.7 Å². The number of aromatic nitrogens is 1. The van der Waals surface area contributed by atoms with Crippen LogP contribution in [0, 0.1) is 0 Å². The van der Waals surface area contributed by atoms with E-state index in [0.29, 0.717) is 24.8 Å². The van der Waals surface area contributed by atoms with Crippen LogP contribution in [0.4, 0.5) is 26.3 Å². The van der Waals surface area contributed by atoms with Crippen molar-refractivity contribution in [3.63, 3.8) is 0 Å². The minimum atomic E-state index is -4.63. The first-order chi connectivity index (χ1) is 19.9. The van der Waals surface area contributed by atoms with E-state index < -0.39 is 35.3 Å². The van der Waals surface area contributed by atoms with Crippen molar-refractivity contribution in [2.75, 3.05) is 13.1 Å². The highest BCUT2D eigenvalue weighted by Gasteiger charge is 2.37. The maximum atomic E-state index is 13.7. The quantitative estimate of drug-likeness (QED) is 0.213. The number of H-pyrrole nitrogens is 1. The van der Waals surface area contributed by atoms with Crippen LogP contribution in [0.5, 0.6) is 0 Å². The van der Waals surface area contributed by atoms with E-state index in [-0.39, 0.29) is 31.2 Å². The Morgan fingerprint density at radius 1 is 0.833 bits per heavy atom. The van der Waals surface area contributed by atoms with E-state index in [1.165, 1.54) is 28.0 Å².